The highest BCUT2D eigenvalue weighted by Gasteiger charge is 2.04. The Labute approximate surface area is 180 Å². The average molecular weight is 543 g/mol. The monoisotopic (exact) mass is 542 g/mol. The topological polar surface area (TPSA) is 65.5 Å². The number of nitrogens with zero attached hydrogens (tertiary/aromatic N) is 1. The lowest BCUT2D eigenvalue weighted by Gasteiger charge is -2.12. The molecule has 1 aromatic carbocycles. The summed E-state index contributed by atoms with van der Waals surface area (Å²) in [5.74, 6) is 1.97. The molecule has 0 aliphatic carbocycles. The van der Waals surface area contributed by atoms with Crippen molar-refractivity contribution in [3.63, 3.8) is 0 Å². The Kier molecular flexibility index (Phi) is 15.4. The van der Waals surface area contributed by atoms with Crippen LogP contribution in [0.25, 0.3) is 0 Å². The molecule has 0 aliphatic rings. The van der Waals surface area contributed by atoms with Crippen molar-refractivity contribution in [3.8, 4) is 0 Å². The lowest BCUT2D eigenvalue weighted by Crippen LogP contribution is -2.39. The first-order chi connectivity index (χ1) is 11.7. The molecule has 1 amide bonds. The molecule has 0 spiro atoms. The van der Waals surface area contributed by atoms with E-state index in [9.17, 15) is 4.79 Å². The number of aliphatic imine (C=N–C) groups is 1. The second-order valence-electron chi connectivity index (χ2n) is 5.25. The summed E-state index contributed by atoms with van der Waals surface area (Å²) >= 11 is 5.25. The summed E-state index contributed by atoms with van der Waals surface area (Å²) in [6.07, 6.45) is 5.33. The van der Waals surface area contributed by atoms with Gasteiger partial charge in [-0.2, -0.15) is 11.8 Å². The molecule has 0 heterocycles. The van der Waals surface area contributed by atoms with Crippen LogP contribution in [0.5, 0.6) is 0 Å². The smallest absolute Gasteiger partial charge is 0.251 e. The lowest BCUT2D eigenvalue weighted by molar-refractivity contribution is 0.0953. The minimum Gasteiger partial charge on any atom is -0.356 e. The zero-order valence-corrected chi connectivity index (χ0v) is 19.5. The molecule has 0 saturated heterocycles. The molecule has 3 N–H and O–H groups in total. The summed E-state index contributed by atoms with van der Waals surface area (Å²) < 4.78 is 0.907. The quantitative estimate of drug-likeness (QED) is 0.183. The fourth-order valence-corrected chi connectivity index (χ4v) is 2.92. The third kappa shape index (κ3) is 11.7. The van der Waals surface area contributed by atoms with Crippen LogP contribution in [0.4, 0.5) is 0 Å². The molecule has 1 rings (SSSR count). The first-order valence-corrected chi connectivity index (χ1v) is 10.3. The van der Waals surface area contributed by atoms with E-state index in [1.165, 1.54) is 12.2 Å². The lowest BCUT2D eigenvalue weighted by atomic mass is 10.2. The zero-order chi connectivity index (χ0) is 17.6. The molecule has 0 aliphatic heterocycles. The van der Waals surface area contributed by atoms with E-state index in [2.05, 4.69) is 43.1 Å². The third-order valence-electron chi connectivity index (χ3n) is 3.31. The molecule has 25 heavy (non-hydrogen) atoms. The normalized spacial score (nSPS) is 10.8. The van der Waals surface area contributed by atoms with E-state index in [0.29, 0.717) is 12.1 Å². The summed E-state index contributed by atoms with van der Waals surface area (Å²) in [5.41, 5.74) is 0.667. The number of thioether (sulfide) groups is 1. The Morgan fingerprint density at radius 2 is 1.80 bits per heavy atom. The Morgan fingerprint density at radius 1 is 1.12 bits per heavy atom. The van der Waals surface area contributed by atoms with Crippen LogP contribution in [0.15, 0.2) is 33.7 Å². The number of guanidine groups is 1. The van der Waals surface area contributed by atoms with Crippen LogP contribution in [0.3, 0.4) is 0 Å². The van der Waals surface area contributed by atoms with Crippen molar-refractivity contribution in [3.05, 3.63) is 34.3 Å². The van der Waals surface area contributed by atoms with Gasteiger partial charge in [-0.25, -0.2) is 0 Å². The van der Waals surface area contributed by atoms with Crippen molar-refractivity contribution < 1.29 is 4.79 Å². The summed E-state index contributed by atoms with van der Waals surface area (Å²) in [6.45, 7) is 2.33. The molecule has 1 aromatic rings. The maximum Gasteiger partial charge on any atom is 0.251 e. The van der Waals surface area contributed by atoms with E-state index in [0.717, 1.165) is 36.4 Å². The molecule has 142 valence electrons. The number of benzene rings is 1. The highest BCUT2D eigenvalue weighted by Crippen LogP contribution is 2.11. The van der Waals surface area contributed by atoms with Crippen molar-refractivity contribution in [1.29, 1.82) is 0 Å². The van der Waals surface area contributed by atoms with Gasteiger partial charge in [0.1, 0.15) is 0 Å². The highest BCUT2D eigenvalue weighted by atomic mass is 127. The molecule has 8 heteroatoms. The summed E-state index contributed by atoms with van der Waals surface area (Å²) in [6, 6.07) is 7.38. The average Bonchev–Trinajstić information content (AvgIpc) is 2.59. The molecular weight excluding hydrogens is 515 g/mol. The Hall–Kier alpha value is -0.480. The standard InChI is InChI=1S/C17H27BrN4OS.HI/c1-19-17(21-9-3-4-12-24-2)22-11-6-10-20-16(23)14-7-5-8-15(18)13-14;/h5,7-8,13H,3-4,6,9-12H2,1-2H3,(H,20,23)(H2,19,21,22);1H. The van der Waals surface area contributed by atoms with Gasteiger partial charge in [0.15, 0.2) is 5.96 Å². The highest BCUT2D eigenvalue weighted by molar-refractivity contribution is 14.0. The van der Waals surface area contributed by atoms with Gasteiger partial charge in [-0.1, -0.05) is 22.0 Å². The second-order valence-corrected chi connectivity index (χ2v) is 7.15. The van der Waals surface area contributed by atoms with E-state index in [-0.39, 0.29) is 29.9 Å². The summed E-state index contributed by atoms with van der Waals surface area (Å²) in [4.78, 5) is 16.2. The molecule has 0 atom stereocenters. The third-order valence-corrected chi connectivity index (χ3v) is 4.50. The molecular formula is C17H28BrIN4OS. The summed E-state index contributed by atoms with van der Waals surface area (Å²) in [7, 11) is 1.77. The molecule has 0 fully saturated rings. The van der Waals surface area contributed by atoms with E-state index < -0.39 is 0 Å². The van der Waals surface area contributed by atoms with Gasteiger partial charge in [-0.05, 0) is 49.5 Å². The maximum absolute atomic E-state index is 12.0. The van der Waals surface area contributed by atoms with Crippen LogP contribution in [0.2, 0.25) is 0 Å². The van der Waals surface area contributed by atoms with Crippen LogP contribution in [0, 0.1) is 0 Å². The number of rotatable bonds is 10. The molecule has 0 saturated carbocycles. The molecule has 0 radical (unpaired) electrons. The number of hydrogen-bond donors (Lipinski definition) is 3. The number of carbonyl (C=O) groups excluding carboxylic acids is 1. The first kappa shape index (κ1) is 24.5. The van der Waals surface area contributed by atoms with E-state index in [1.807, 2.05) is 30.0 Å². The van der Waals surface area contributed by atoms with Gasteiger partial charge in [0.25, 0.3) is 5.91 Å². The van der Waals surface area contributed by atoms with Gasteiger partial charge in [0.05, 0.1) is 0 Å². The minimum absolute atomic E-state index is 0. The Morgan fingerprint density at radius 3 is 2.44 bits per heavy atom. The van der Waals surface area contributed by atoms with Crippen molar-refractivity contribution in [2.75, 3.05) is 38.7 Å². The first-order valence-electron chi connectivity index (χ1n) is 8.14. The van der Waals surface area contributed by atoms with Crippen LogP contribution < -0.4 is 16.0 Å². The van der Waals surface area contributed by atoms with Gasteiger partial charge in [-0.3, -0.25) is 9.79 Å². The van der Waals surface area contributed by atoms with Gasteiger partial charge in [0.2, 0.25) is 0 Å². The van der Waals surface area contributed by atoms with Crippen molar-refractivity contribution in [2.24, 2.45) is 4.99 Å². The van der Waals surface area contributed by atoms with Crippen LogP contribution in [0.1, 0.15) is 29.6 Å². The van der Waals surface area contributed by atoms with E-state index in [1.54, 1.807) is 13.1 Å². The molecule has 0 unspecified atom stereocenters. The van der Waals surface area contributed by atoms with Crippen molar-refractivity contribution >= 4 is 63.5 Å². The molecule has 5 nitrogen and oxygen atoms in total. The zero-order valence-electron chi connectivity index (χ0n) is 14.8. The largest absolute Gasteiger partial charge is 0.356 e. The Balaban J connectivity index is 0.00000576. The predicted molar refractivity (Wildman–Crippen MR) is 123 cm³/mol. The number of nitrogens with one attached hydrogen (secondary N) is 3. The van der Waals surface area contributed by atoms with Crippen LogP contribution in [-0.2, 0) is 0 Å². The van der Waals surface area contributed by atoms with Crippen LogP contribution >= 0.6 is 51.7 Å². The second kappa shape index (κ2) is 15.7. The number of unbranched alkanes of at least 4 members (excludes halogenated alkanes) is 1. The Bertz CT molecular complexity index is 531. The van der Waals surface area contributed by atoms with Crippen LogP contribution in [-0.4, -0.2) is 50.6 Å². The number of halogens is 2. The minimum atomic E-state index is -0.0485. The fourth-order valence-electron chi connectivity index (χ4n) is 2.03. The van der Waals surface area contributed by atoms with Gasteiger partial charge in [0, 0.05) is 36.7 Å². The SMILES string of the molecule is CN=C(NCCCCSC)NCCCNC(=O)c1cccc(Br)c1.I. The number of amides is 1. The van der Waals surface area contributed by atoms with Gasteiger partial charge < -0.3 is 16.0 Å². The van der Waals surface area contributed by atoms with E-state index >= 15 is 0 Å². The van der Waals surface area contributed by atoms with Gasteiger partial charge in [-0.15, -0.1) is 24.0 Å². The predicted octanol–water partition coefficient (Wildman–Crippen LogP) is 3.50. The summed E-state index contributed by atoms with van der Waals surface area (Å²) in [5, 5.41) is 9.48. The number of hydrogen-bond acceptors (Lipinski definition) is 3. The fraction of sp³-hybridized carbons (Fsp3) is 0.529. The number of carbonyl (C=O) groups is 1. The van der Waals surface area contributed by atoms with Gasteiger partial charge >= 0.3 is 0 Å². The van der Waals surface area contributed by atoms with Crippen molar-refractivity contribution in [1.82, 2.24) is 16.0 Å². The maximum atomic E-state index is 12.0. The van der Waals surface area contributed by atoms with E-state index in [4.69, 9.17) is 0 Å². The molecule has 0 aromatic heterocycles. The molecule has 0 bridgehead atoms. The van der Waals surface area contributed by atoms with Crippen molar-refractivity contribution in [2.45, 2.75) is 19.3 Å².